The van der Waals surface area contributed by atoms with Crippen LogP contribution in [0.3, 0.4) is 0 Å². The average Bonchev–Trinajstić information content (AvgIpc) is 2.11. The maximum Gasteiger partial charge on any atom is 0.0699 e. The molecule has 92 valence electrons. The van der Waals surface area contributed by atoms with E-state index in [0.29, 0.717) is 17.6 Å². The van der Waals surface area contributed by atoms with Gasteiger partial charge in [-0.1, -0.05) is 34.6 Å². The summed E-state index contributed by atoms with van der Waals surface area (Å²) in [6.07, 6.45) is 2.57. The summed E-state index contributed by atoms with van der Waals surface area (Å²) in [4.78, 5) is 0. The van der Waals surface area contributed by atoms with Gasteiger partial charge in [0.15, 0.2) is 0 Å². The summed E-state index contributed by atoms with van der Waals surface area (Å²) >= 11 is 0. The predicted molar refractivity (Wildman–Crippen MR) is 67.2 cm³/mol. The Balaban J connectivity index is 3.75. The zero-order valence-corrected chi connectivity index (χ0v) is 11.4. The number of hydrogen-bond acceptors (Lipinski definition) is 2. The van der Waals surface area contributed by atoms with Gasteiger partial charge < -0.3 is 10.1 Å². The lowest BCUT2D eigenvalue weighted by atomic mass is 9.93. The van der Waals surface area contributed by atoms with Gasteiger partial charge in [0.25, 0.3) is 0 Å². The average molecular weight is 215 g/mol. The maximum atomic E-state index is 5.86. The van der Waals surface area contributed by atoms with E-state index in [1.54, 1.807) is 0 Å². The molecular weight excluding hydrogens is 186 g/mol. The minimum Gasteiger partial charge on any atom is -0.377 e. The Hall–Kier alpha value is -0.0800. The summed E-state index contributed by atoms with van der Waals surface area (Å²) in [6, 6.07) is 0.495. The summed E-state index contributed by atoms with van der Waals surface area (Å²) < 4.78 is 5.86. The lowest BCUT2D eigenvalue weighted by molar-refractivity contribution is 0.0248. The molecule has 0 radical (unpaired) electrons. The van der Waals surface area contributed by atoms with E-state index in [9.17, 15) is 0 Å². The van der Waals surface area contributed by atoms with Gasteiger partial charge in [0.05, 0.1) is 6.10 Å². The van der Waals surface area contributed by atoms with Crippen molar-refractivity contribution in [3.8, 4) is 0 Å². The molecule has 0 aromatic heterocycles. The van der Waals surface area contributed by atoms with E-state index in [2.05, 4.69) is 46.9 Å². The molecule has 0 heterocycles. The molecule has 0 fully saturated rings. The second-order valence-corrected chi connectivity index (χ2v) is 5.46. The quantitative estimate of drug-likeness (QED) is 0.704. The Labute approximate surface area is 95.8 Å². The normalized spacial score (nSPS) is 16.4. The number of nitrogens with one attached hydrogen (secondary N) is 1. The monoisotopic (exact) mass is 215 g/mol. The van der Waals surface area contributed by atoms with Crippen LogP contribution in [0.5, 0.6) is 0 Å². The molecule has 0 aliphatic rings. The first-order chi connectivity index (χ1) is 6.90. The van der Waals surface area contributed by atoms with Crippen molar-refractivity contribution in [3.05, 3.63) is 0 Å². The van der Waals surface area contributed by atoms with Crippen molar-refractivity contribution in [1.29, 1.82) is 0 Å². The smallest absolute Gasteiger partial charge is 0.0699 e. The Morgan fingerprint density at radius 1 is 1.20 bits per heavy atom. The third-order valence-corrected chi connectivity index (χ3v) is 2.71. The topological polar surface area (TPSA) is 21.3 Å². The van der Waals surface area contributed by atoms with Crippen molar-refractivity contribution in [2.75, 3.05) is 13.2 Å². The molecule has 0 aromatic carbocycles. The van der Waals surface area contributed by atoms with Crippen molar-refractivity contribution in [2.45, 2.75) is 66.5 Å². The standard InChI is InChI=1S/C13H29NO/c1-7-12(14-8-2)11(3)15-10-9-13(4,5)6/h11-12,14H,7-10H2,1-6H3. The molecular formula is C13H29NO. The van der Waals surface area contributed by atoms with Gasteiger partial charge in [-0.3, -0.25) is 0 Å². The number of rotatable bonds is 7. The molecule has 2 unspecified atom stereocenters. The van der Waals surface area contributed by atoms with E-state index in [1.807, 2.05) is 0 Å². The molecule has 2 nitrogen and oxygen atoms in total. The molecule has 0 aromatic rings. The minimum atomic E-state index is 0.317. The highest BCUT2D eigenvalue weighted by Crippen LogP contribution is 2.18. The third kappa shape index (κ3) is 7.80. The van der Waals surface area contributed by atoms with Crippen LogP contribution in [0, 0.1) is 5.41 Å². The van der Waals surface area contributed by atoms with Crippen LogP contribution in [-0.2, 0) is 4.74 Å². The Morgan fingerprint density at radius 3 is 2.20 bits per heavy atom. The second kappa shape index (κ2) is 7.24. The fourth-order valence-corrected chi connectivity index (χ4v) is 1.57. The van der Waals surface area contributed by atoms with Gasteiger partial charge in [-0.2, -0.15) is 0 Å². The van der Waals surface area contributed by atoms with Crippen LogP contribution in [0.2, 0.25) is 0 Å². The highest BCUT2D eigenvalue weighted by molar-refractivity contribution is 4.72. The molecule has 0 amide bonds. The fraction of sp³-hybridized carbons (Fsp3) is 1.00. The third-order valence-electron chi connectivity index (χ3n) is 2.71. The van der Waals surface area contributed by atoms with Gasteiger partial charge in [0, 0.05) is 12.6 Å². The lowest BCUT2D eigenvalue weighted by Gasteiger charge is -2.25. The van der Waals surface area contributed by atoms with Gasteiger partial charge in [-0.15, -0.1) is 0 Å². The fourth-order valence-electron chi connectivity index (χ4n) is 1.57. The van der Waals surface area contributed by atoms with Crippen molar-refractivity contribution in [3.63, 3.8) is 0 Å². The molecule has 2 heteroatoms. The summed E-state index contributed by atoms with van der Waals surface area (Å²) in [6.45, 7) is 15.2. The predicted octanol–water partition coefficient (Wildman–Crippen LogP) is 3.22. The van der Waals surface area contributed by atoms with Crippen LogP contribution in [0.4, 0.5) is 0 Å². The second-order valence-electron chi connectivity index (χ2n) is 5.46. The summed E-state index contributed by atoms with van der Waals surface area (Å²) in [5.74, 6) is 0. The van der Waals surface area contributed by atoms with Crippen molar-refractivity contribution in [1.82, 2.24) is 5.32 Å². The van der Waals surface area contributed by atoms with Crippen LogP contribution < -0.4 is 5.32 Å². The first kappa shape index (κ1) is 14.9. The highest BCUT2D eigenvalue weighted by Gasteiger charge is 2.16. The van der Waals surface area contributed by atoms with E-state index in [1.165, 1.54) is 0 Å². The minimum absolute atomic E-state index is 0.317. The molecule has 0 spiro atoms. The van der Waals surface area contributed by atoms with Crippen molar-refractivity contribution < 1.29 is 4.74 Å². The summed E-state index contributed by atoms with van der Waals surface area (Å²) in [7, 11) is 0. The van der Waals surface area contributed by atoms with Crippen LogP contribution in [-0.4, -0.2) is 25.3 Å². The molecule has 15 heavy (non-hydrogen) atoms. The van der Waals surface area contributed by atoms with E-state index < -0.39 is 0 Å². The lowest BCUT2D eigenvalue weighted by Crippen LogP contribution is -2.39. The molecule has 2 atom stereocenters. The Morgan fingerprint density at radius 2 is 1.80 bits per heavy atom. The molecule has 0 bridgehead atoms. The largest absolute Gasteiger partial charge is 0.377 e. The molecule has 1 N–H and O–H groups in total. The Bertz CT molecular complexity index is 151. The van der Waals surface area contributed by atoms with Crippen LogP contribution in [0.1, 0.15) is 54.4 Å². The first-order valence-electron chi connectivity index (χ1n) is 6.25. The maximum absolute atomic E-state index is 5.86. The van der Waals surface area contributed by atoms with Gasteiger partial charge in [0.2, 0.25) is 0 Å². The van der Waals surface area contributed by atoms with E-state index >= 15 is 0 Å². The SMILES string of the molecule is CCNC(CC)C(C)OCCC(C)(C)C. The number of ether oxygens (including phenoxy) is 1. The summed E-state index contributed by atoms with van der Waals surface area (Å²) in [5, 5.41) is 3.45. The van der Waals surface area contributed by atoms with Crippen molar-refractivity contribution >= 4 is 0 Å². The summed E-state index contributed by atoms with van der Waals surface area (Å²) in [5.41, 5.74) is 0.375. The van der Waals surface area contributed by atoms with Crippen LogP contribution >= 0.6 is 0 Å². The molecule has 0 aliphatic carbocycles. The van der Waals surface area contributed by atoms with Gasteiger partial charge in [0.1, 0.15) is 0 Å². The zero-order chi connectivity index (χ0) is 11.9. The van der Waals surface area contributed by atoms with E-state index in [0.717, 1.165) is 26.0 Å². The zero-order valence-electron chi connectivity index (χ0n) is 11.4. The highest BCUT2D eigenvalue weighted by atomic mass is 16.5. The molecule has 0 saturated heterocycles. The van der Waals surface area contributed by atoms with Gasteiger partial charge >= 0.3 is 0 Å². The van der Waals surface area contributed by atoms with Gasteiger partial charge in [-0.25, -0.2) is 0 Å². The first-order valence-corrected chi connectivity index (χ1v) is 6.25. The van der Waals surface area contributed by atoms with E-state index in [4.69, 9.17) is 4.74 Å². The van der Waals surface area contributed by atoms with E-state index in [-0.39, 0.29) is 0 Å². The molecule has 0 saturated carbocycles. The Kier molecular flexibility index (Phi) is 7.20. The van der Waals surface area contributed by atoms with Gasteiger partial charge in [-0.05, 0) is 31.7 Å². The van der Waals surface area contributed by atoms with Crippen molar-refractivity contribution in [2.24, 2.45) is 5.41 Å². The molecule has 0 aliphatic heterocycles. The van der Waals surface area contributed by atoms with Crippen LogP contribution in [0.15, 0.2) is 0 Å². The number of likely N-dealkylation sites (N-methyl/N-ethyl adjacent to an activating group) is 1. The molecule has 0 rings (SSSR count). The van der Waals surface area contributed by atoms with Crippen LogP contribution in [0.25, 0.3) is 0 Å². The number of hydrogen-bond donors (Lipinski definition) is 1.